The van der Waals surface area contributed by atoms with Crippen LogP contribution in [0.25, 0.3) is 11.0 Å². The molecule has 0 saturated heterocycles. The topological polar surface area (TPSA) is 93.0 Å². The monoisotopic (exact) mass is 364 g/mol. The molecule has 124 valence electrons. The van der Waals surface area contributed by atoms with E-state index in [1.807, 2.05) is 0 Å². The zero-order chi connectivity index (χ0) is 17.3. The Hall–Kier alpha value is -2.44. The van der Waals surface area contributed by atoms with Crippen molar-refractivity contribution in [3.8, 4) is 0 Å². The Morgan fingerprint density at radius 2 is 2.04 bits per heavy atom. The van der Waals surface area contributed by atoms with Gasteiger partial charge in [0.15, 0.2) is 6.10 Å². The number of nitrogens with one attached hydrogen (secondary N) is 2. The summed E-state index contributed by atoms with van der Waals surface area (Å²) in [5, 5.41) is 3.34. The first-order valence-electron chi connectivity index (χ1n) is 7.10. The van der Waals surface area contributed by atoms with Crippen molar-refractivity contribution in [2.24, 2.45) is 0 Å². The second kappa shape index (κ2) is 6.59. The average Bonchev–Trinajstić information content (AvgIpc) is 2.94. The van der Waals surface area contributed by atoms with Crippen LogP contribution in [0.3, 0.4) is 0 Å². The highest BCUT2D eigenvalue weighted by Crippen LogP contribution is 2.26. The fraction of sp³-hybridized carbons (Fsp3) is 0.125. The van der Waals surface area contributed by atoms with Gasteiger partial charge >= 0.3 is 6.09 Å². The van der Waals surface area contributed by atoms with Gasteiger partial charge in [-0.15, -0.1) is 0 Å². The van der Waals surface area contributed by atoms with E-state index in [1.165, 1.54) is 0 Å². The van der Waals surface area contributed by atoms with Crippen molar-refractivity contribution >= 4 is 51.7 Å². The summed E-state index contributed by atoms with van der Waals surface area (Å²) in [6.07, 6.45) is -1.19. The lowest BCUT2D eigenvalue weighted by molar-refractivity contribution is 0.117. The SMILES string of the molecule is CC(OC(=O)Nc1ccc(Cl)c(Cl)c1)c1nc2ccc(N)cc2[nH]1. The van der Waals surface area contributed by atoms with Gasteiger partial charge in [0.1, 0.15) is 5.82 Å². The summed E-state index contributed by atoms with van der Waals surface area (Å²) in [6, 6.07) is 10.1. The predicted molar refractivity (Wildman–Crippen MR) is 95.5 cm³/mol. The fourth-order valence-corrected chi connectivity index (χ4v) is 2.48. The van der Waals surface area contributed by atoms with Crippen LogP contribution in [0.15, 0.2) is 36.4 Å². The van der Waals surface area contributed by atoms with E-state index in [9.17, 15) is 4.79 Å². The van der Waals surface area contributed by atoms with E-state index in [4.69, 9.17) is 33.7 Å². The Labute approximate surface area is 147 Å². The minimum absolute atomic E-state index is 0.345. The third-order valence-electron chi connectivity index (χ3n) is 3.36. The molecule has 1 atom stereocenters. The molecule has 1 heterocycles. The summed E-state index contributed by atoms with van der Waals surface area (Å²) >= 11 is 11.7. The molecule has 8 heteroatoms. The van der Waals surface area contributed by atoms with Gasteiger partial charge < -0.3 is 15.5 Å². The van der Waals surface area contributed by atoms with E-state index in [1.54, 1.807) is 43.3 Å². The number of H-pyrrole nitrogens is 1. The number of amides is 1. The largest absolute Gasteiger partial charge is 0.438 e. The van der Waals surface area contributed by atoms with Crippen LogP contribution >= 0.6 is 23.2 Å². The molecule has 1 unspecified atom stereocenters. The minimum Gasteiger partial charge on any atom is -0.438 e. The maximum Gasteiger partial charge on any atom is 0.412 e. The van der Waals surface area contributed by atoms with Gasteiger partial charge in [-0.1, -0.05) is 23.2 Å². The van der Waals surface area contributed by atoms with Gasteiger partial charge in [-0.3, -0.25) is 5.32 Å². The first-order valence-corrected chi connectivity index (χ1v) is 7.86. The number of carbonyl (C=O) groups excluding carboxylic acids is 1. The molecule has 2 aromatic carbocycles. The molecule has 24 heavy (non-hydrogen) atoms. The van der Waals surface area contributed by atoms with Crippen molar-refractivity contribution in [1.82, 2.24) is 9.97 Å². The van der Waals surface area contributed by atoms with E-state index in [0.29, 0.717) is 27.2 Å². The second-order valence-corrected chi connectivity index (χ2v) is 6.01. The van der Waals surface area contributed by atoms with Crippen LogP contribution in [0.5, 0.6) is 0 Å². The number of imidazole rings is 1. The molecule has 0 saturated carbocycles. The highest BCUT2D eigenvalue weighted by atomic mass is 35.5. The molecule has 1 amide bonds. The first kappa shape index (κ1) is 16.4. The summed E-state index contributed by atoms with van der Waals surface area (Å²) in [7, 11) is 0. The number of aromatic amines is 1. The summed E-state index contributed by atoms with van der Waals surface area (Å²) < 4.78 is 5.32. The Bertz CT molecular complexity index is 910. The first-order chi connectivity index (χ1) is 11.4. The van der Waals surface area contributed by atoms with Gasteiger partial charge in [-0.25, -0.2) is 9.78 Å². The maximum atomic E-state index is 12.0. The number of halogens is 2. The van der Waals surface area contributed by atoms with Crippen LogP contribution in [0.1, 0.15) is 18.9 Å². The van der Waals surface area contributed by atoms with Gasteiger partial charge in [0, 0.05) is 11.4 Å². The van der Waals surface area contributed by atoms with Crippen LogP contribution in [0.4, 0.5) is 16.2 Å². The molecule has 0 aliphatic carbocycles. The van der Waals surface area contributed by atoms with Gasteiger partial charge in [0.2, 0.25) is 0 Å². The Morgan fingerprint density at radius 3 is 2.79 bits per heavy atom. The molecular formula is C16H14Cl2N4O2. The smallest absolute Gasteiger partial charge is 0.412 e. The van der Waals surface area contributed by atoms with E-state index in [2.05, 4.69) is 15.3 Å². The number of rotatable bonds is 3. The van der Waals surface area contributed by atoms with E-state index < -0.39 is 12.2 Å². The van der Waals surface area contributed by atoms with E-state index >= 15 is 0 Å². The number of aromatic nitrogens is 2. The Kier molecular flexibility index (Phi) is 4.51. The predicted octanol–water partition coefficient (Wildman–Crippen LogP) is 4.76. The fourth-order valence-electron chi connectivity index (χ4n) is 2.18. The lowest BCUT2D eigenvalue weighted by Crippen LogP contribution is -2.16. The van der Waals surface area contributed by atoms with Gasteiger partial charge in [-0.05, 0) is 43.3 Å². The Morgan fingerprint density at radius 1 is 1.25 bits per heavy atom. The second-order valence-electron chi connectivity index (χ2n) is 5.20. The van der Waals surface area contributed by atoms with Crippen molar-refractivity contribution in [1.29, 1.82) is 0 Å². The van der Waals surface area contributed by atoms with Crippen molar-refractivity contribution in [2.75, 3.05) is 11.1 Å². The molecule has 0 fully saturated rings. The van der Waals surface area contributed by atoms with Crippen molar-refractivity contribution < 1.29 is 9.53 Å². The number of fused-ring (bicyclic) bond motifs is 1. The maximum absolute atomic E-state index is 12.0. The van der Waals surface area contributed by atoms with Crippen molar-refractivity contribution in [2.45, 2.75) is 13.0 Å². The number of nitrogen functional groups attached to an aromatic ring is 1. The van der Waals surface area contributed by atoms with Gasteiger partial charge in [0.25, 0.3) is 0 Å². The Balaban J connectivity index is 1.69. The third kappa shape index (κ3) is 3.55. The number of benzene rings is 2. The molecule has 0 bridgehead atoms. The summed E-state index contributed by atoms with van der Waals surface area (Å²) in [6.45, 7) is 1.72. The van der Waals surface area contributed by atoms with E-state index in [-0.39, 0.29) is 0 Å². The molecule has 4 N–H and O–H groups in total. The number of nitrogens with two attached hydrogens (primary N) is 1. The number of anilines is 2. The number of carbonyl (C=O) groups is 1. The molecular weight excluding hydrogens is 351 g/mol. The van der Waals surface area contributed by atoms with Crippen LogP contribution in [-0.2, 0) is 4.74 Å². The van der Waals surface area contributed by atoms with Crippen LogP contribution in [-0.4, -0.2) is 16.1 Å². The lowest BCUT2D eigenvalue weighted by atomic mass is 10.3. The number of ether oxygens (including phenoxy) is 1. The minimum atomic E-state index is -0.624. The number of nitrogens with zero attached hydrogens (tertiary/aromatic N) is 1. The molecule has 0 aliphatic heterocycles. The molecule has 1 aromatic heterocycles. The molecule has 0 aliphatic rings. The van der Waals surface area contributed by atoms with Crippen molar-refractivity contribution in [3.05, 3.63) is 52.3 Å². The van der Waals surface area contributed by atoms with Gasteiger partial charge in [-0.2, -0.15) is 0 Å². The molecule has 6 nitrogen and oxygen atoms in total. The average molecular weight is 365 g/mol. The zero-order valence-electron chi connectivity index (χ0n) is 12.6. The zero-order valence-corrected chi connectivity index (χ0v) is 14.2. The highest BCUT2D eigenvalue weighted by Gasteiger charge is 2.16. The van der Waals surface area contributed by atoms with Crippen molar-refractivity contribution in [3.63, 3.8) is 0 Å². The summed E-state index contributed by atoms with van der Waals surface area (Å²) in [4.78, 5) is 19.5. The number of hydrogen-bond donors (Lipinski definition) is 3. The molecule has 0 spiro atoms. The molecule has 3 rings (SSSR count). The standard InChI is InChI=1S/C16H14Cl2N4O2/c1-8(15-21-13-5-2-9(19)6-14(13)22-15)24-16(23)20-10-3-4-11(17)12(18)7-10/h2-8H,19H2,1H3,(H,20,23)(H,21,22). The normalized spacial score (nSPS) is 12.1. The quantitative estimate of drug-likeness (QED) is 0.584. The summed E-state index contributed by atoms with van der Waals surface area (Å²) in [5.41, 5.74) is 8.38. The lowest BCUT2D eigenvalue weighted by Gasteiger charge is -2.12. The van der Waals surface area contributed by atoms with Crippen LogP contribution in [0, 0.1) is 0 Å². The highest BCUT2D eigenvalue weighted by molar-refractivity contribution is 6.42. The van der Waals surface area contributed by atoms with Crippen LogP contribution < -0.4 is 11.1 Å². The molecule has 0 radical (unpaired) electrons. The third-order valence-corrected chi connectivity index (χ3v) is 4.10. The van der Waals surface area contributed by atoms with Crippen LogP contribution in [0.2, 0.25) is 10.0 Å². The molecule has 3 aromatic rings. The van der Waals surface area contributed by atoms with Gasteiger partial charge in [0.05, 0.1) is 21.1 Å². The number of hydrogen-bond acceptors (Lipinski definition) is 4. The summed E-state index contributed by atoms with van der Waals surface area (Å²) in [5.74, 6) is 0.528. The van der Waals surface area contributed by atoms with E-state index in [0.717, 1.165) is 11.0 Å².